The van der Waals surface area contributed by atoms with Crippen LogP contribution >= 0.6 is 0 Å². The molecule has 1 aromatic heterocycles. The standard InChI is InChI=1S/C13H14FN3/c1-9-12-6-7-15-8-13(12)17(16-9)11-4-2-10(14)3-5-11/h2-5,15H,6-8H2,1H3. The molecule has 2 aromatic rings. The summed E-state index contributed by atoms with van der Waals surface area (Å²) in [7, 11) is 0. The number of halogens is 1. The molecule has 1 aromatic carbocycles. The lowest BCUT2D eigenvalue weighted by Gasteiger charge is -2.15. The quantitative estimate of drug-likeness (QED) is 0.813. The molecule has 3 nitrogen and oxygen atoms in total. The zero-order valence-electron chi connectivity index (χ0n) is 9.70. The predicted molar refractivity (Wildman–Crippen MR) is 63.7 cm³/mol. The fourth-order valence-corrected chi connectivity index (χ4v) is 2.33. The van der Waals surface area contributed by atoms with E-state index in [1.54, 1.807) is 12.1 Å². The Kier molecular flexibility index (Phi) is 2.44. The molecule has 1 N–H and O–H groups in total. The Bertz CT molecular complexity index is 543. The summed E-state index contributed by atoms with van der Waals surface area (Å²) in [4.78, 5) is 0. The van der Waals surface area contributed by atoms with Gasteiger partial charge in [-0.25, -0.2) is 9.07 Å². The summed E-state index contributed by atoms with van der Waals surface area (Å²) < 4.78 is 14.8. The van der Waals surface area contributed by atoms with Crippen molar-refractivity contribution in [2.24, 2.45) is 0 Å². The summed E-state index contributed by atoms with van der Waals surface area (Å²) in [6.45, 7) is 3.86. The number of rotatable bonds is 1. The molecular formula is C13H14FN3. The van der Waals surface area contributed by atoms with Crippen LogP contribution in [0.1, 0.15) is 17.0 Å². The summed E-state index contributed by atoms with van der Waals surface area (Å²) in [5, 5.41) is 7.89. The lowest BCUT2D eigenvalue weighted by molar-refractivity contribution is 0.611. The Hall–Kier alpha value is -1.68. The molecule has 0 saturated carbocycles. The zero-order chi connectivity index (χ0) is 11.8. The van der Waals surface area contributed by atoms with Crippen LogP contribution in [-0.2, 0) is 13.0 Å². The Balaban J connectivity index is 2.11. The van der Waals surface area contributed by atoms with Gasteiger partial charge in [-0.1, -0.05) is 0 Å². The Morgan fingerprint density at radius 1 is 1.29 bits per heavy atom. The van der Waals surface area contributed by atoms with Crippen molar-refractivity contribution in [1.82, 2.24) is 15.1 Å². The lowest BCUT2D eigenvalue weighted by Crippen LogP contribution is -2.25. The fraction of sp³-hybridized carbons (Fsp3) is 0.308. The minimum absolute atomic E-state index is 0.218. The Morgan fingerprint density at radius 3 is 2.82 bits per heavy atom. The van der Waals surface area contributed by atoms with E-state index in [0.717, 1.165) is 30.9 Å². The maximum Gasteiger partial charge on any atom is 0.123 e. The molecule has 0 saturated heterocycles. The molecule has 3 rings (SSSR count). The van der Waals surface area contributed by atoms with Crippen molar-refractivity contribution in [1.29, 1.82) is 0 Å². The molecule has 0 fully saturated rings. The van der Waals surface area contributed by atoms with Crippen molar-refractivity contribution >= 4 is 0 Å². The van der Waals surface area contributed by atoms with Gasteiger partial charge in [0.2, 0.25) is 0 Å². The molecule has 0 amide bonds. The second-order valence-corrected chi connectivity index (χ2v) is 4.33. The monoisotopic (exact) mass is 231 g/mol. The largest absolute Gasteiger partial charge is 0.311 e. The summed E-state index contributed by atoms with van der Waals surface area (Å²) >= 11 is 0. The molecule has 0 bridgehead atoms. The highest BCUT2D eigenvalue weighted by Crippen LogP contribution is 2.21. The topological polar surface area (TPSA) is 29.9 Å². The van der Waals surface area contributed by atoms with E-state index in [1.807, 2.05) is 11.6 Å². The van der Waals surface area contributed by atoms with Gasteiger partial charge in [0.05, 0.1) is 17.1 Å². The van der Waals surface area contributed by atoms with Crippen molar-refractivity contribution in [3.05, 3.63) is 47.0 Å². The molecule has 1 aliphatic heterocycles. The molecule has 88 valence electrons. The number of aryl methyl sites for hydroxylation is 1. The van der Waals surface area contributed by atoms with E-state index in [4.69, 9.17) is 0 Å². The highest BCUT2D eigenvalue weighted by molar-refractivity contribution is 5.38. The van der Waals surface area contributed by atoms with Crippen LogP contribution in [0.5, 0.6) is 0 Å². The van der Waals surface area contributed by atoms with Crippen molar-refractivity contribution in [2.45, 2.75) is 19.9 Å². The molecule has 0 radical (unpaired) electrons. The number of hydrogen-bond acceptors (Lipinski definition) is 2. The first-order valence-corrected chi connectivity index (χ1v) is 5.80. The highest BCUT2D eigenvalue weighted by Gasteiger charge is 2.18. The molecule has 2 heterocycles. The lowest BCUT2D eigenvalue weighted by atomic mass is 10.1. The van der Waals surface area contributed by atoms with Crippen LogP contribution in [0.25, 0.3) is 5.69 Å². The van der Waals surface area contributed by atoms with Gasteiger partial charge >= 0.3 is 0 Å². The van der Waals surface area contributed by atoms with Crippen LogP contribution in [0, 0.1) is 12.7 Å². The molecule has 1 aliphatic rings. The van der Waals surface area contributed by atoms with E-state index in [-0.39, 0.29) is 5.82 Å². The number of benzene rings is 1. The second-order valence-electron chi connectivity index (χ2n) is 4.33. The molecular weight excluding hydrogens is 217 g/mol. The van der Waals surface area contributed by atoms with Crippen LogP contribution in [0.3, 0.4) is 0 Å². The van der Waals surface area contributed by atoms with Gasteiger partial charge in [-0.15, -0.1) is 0 Å². The molecule has 17 heavy (non-hydrogen) atoms. The predicted octanol–water partition coefficient (Wildman–Crippen LogP) is 1.97. The number of hydrogen-bond donors (Lipinski definition) is 1. The number of aromatic nitrogens is 2. The fourth-order valence-electron chi connectivity index (χ4n) is 2.33. The summed E-state index contributed by atoms with van der Waals surface area (Å²) in [5.41, 5.74) is 4.51. The van der Waals surface area contributed by atoms with Crippen LogP contribution in [0.2, 0.25) is 0 Å². The Labute approximate surface area is 99.3 Å². The van der Waals surface area contributed by atoms with Crippen molar-refractivity contribution in [2.75, 3.05) is 6.54 Å². The van der Waals surface area contributed by atoms with Gasteiger partial charge in [-0.05, 0) is 49.7 Å². The van der Waals surface area contributed by atoms with E-state index in [2.05, 4.69) is 10.4 Å². The maximum absolute atomic E-state index is 12.9. The van der Waals surface area contributed by atoms with E-state index in [9.17, 15) is 4.39 Å². The third kappa shape index (κ3) is 1.74. The van der Waals surface area contributed by atoms with E-state index >= 15 is 0 Å². The molecule has 4 heteroatoms. The first-order chi connectivity index (χ1) is 8.25. The zero-order valence-corrected chi connectivity index (χ0v) is 9.70. The minimum Gasteiger partial charge on any atom is -0.311 e. The molecule has 0 spiro atoms. The Morgan fingerprint density at radius 2 is 2.06 bits per heavy atom. The summed E-state index contributed by atoms with van der Waals surface area (Å²) in [6, 6.07) is 6.46. The third-order valence-corrected chi connectivity index (χ3v) is 3.21. The van der Waals surface area contributed by atoms with E-state index in [1.165, 1.54) is 23.4 Å². The van der Waals surface area contributed by atoms with E-state index < -0.39 is 0 Å². The number of nitrogens with zero attached hydrogens (tertiary/aromatic N) is 2. The van der Waals surface area contributed by atoms with Gasteiger partial charge in [-0.3, -0.25) is 0 Å². The van der Waals surface area contributed by atoms with Crippen LogP contribution < -0.4 is 5.32 Å². The average Bonchev–Trinajstić information content (AvgIpc) is 2.69. The van der Waals surface area contributed by atoms with E-state index in [0.29, 0.717) is 0 Å². The van der Waals surface area contributed by atoms with Gasteiger partial charge in [0.25, 0.3) is 0 Å². The van der Waals surface area contributed by atoms with Gasteiger partial charge in [0.1, 0.15) is 5.82 Å². The highest BCUT2D eigenvalue weighted by atomic mass is 19.1. The first kappa shape index (κ1) is 10.5. The van der Waals surface area contributed by atoms with Crippen LogP contribution in [0.15, 0.2) is 24.3 Å². The smallest absolute Gasteiger partial charge is 0.123 e. The number of fused-ring (bicyclic) bond motifs is 1. The third-order valence-electron chi connectivity index (χ3n) is 3.21. The molecule has 0 aliphatic carbocycles. The SMILES string of the molecule is Cc1nn(-c2ccc(F)cc2)c2c1CCNC2. The molecule has 0 atom stereocenters. The first-order valence-electron chi connectivity index (χ1n) is 5.80. The number of nitrogens with one attached hydrogen (secondary N) is 1. The van der Waals surface area contributed by atoms with Crippen LogP contribution in [-0.4, -0.2) is 16.3 Å². The van der Waals surface area contributed by atoms with Gasteiger partial charge in [0.15, 0.2) is 0 Å². The summed E-state index contributed by atoms with van der Waals surface area (Å²) in [6.07, 6.45) is 1.02. The average molecular weight is 231 g/mol. The van der Waals surface area contributed by atoms with Crippen molar-refractivity contribution < 1.29 is 4.39 Å². The second kappa shape index (κ2) is 3.96. The van der Waals surface area contributed by atoms with Crippen molar-refractivity contribution in [3.63, 3.8) is 0 Å². The minimum atomic E-state index is -0.218. The van der Waals surface area contributed by atoms with Gasteiger partial charge in [-0.2, -0.15) is 5.10 Å². The van der Waals surface area contributed by atoms with Crippen molar-refractivity contribution in [3.8, 4) is 5.69 Å². The van der Waals surface area contributed by atoms with Gasteiger partial charge < -0.3 is 5.32 Å². The van der Waals surface area contributed by atoms with Crippen LogP contribution in [0.4, 0.5) is 4.39 Å². The maximum atomic E-state index is 12.9. The molecule has 0 unspecified atom stereocenters. The normalized spacial score (nSPS) is 14.7. The summed E-state index contributed by atoms with van der Waals surface area (Å²) in [5.74, 6) is -0.218. The van der Waals surface area contributed by atoms with Gasteiger partial charge in [0, 0.05) is 6.54 Å².